The van der Waals surface area contributed by atoms with Crippen molar-refractivity contribution < 1.29 is 19.0 Å². The molecule has 0 fully saturated rings. The monoisotopic (exact) mass is 283 g/mol. The van der Waals surface area contributed by atoms with E-state index in [2.05, 4.69) is 0 Å². The number of ether oxygens (including phenoxy) is 1. The molecule has 0 saturated carbocycles. The number of para-hydroxylation sites is 1. The van der Waals surface area contributed by atoms with Crippen molar-refractivity contribution in [1.82, 2.24) is 4.90 Å². The summed E-state index contributed by atoms with van der Waals surface area (Å²) in [6, 6.07) is 6.00. The Labute approximate surface area is 119 Å². The standard InChI is InChI=1S/C15H22FNO3/c1-11(2)17(9-6-10-18)15(19)12(3)20-14-8-5-4-7-13(14)16/h4-5,7-8,11-12,18H,6,9-10H2,1-3H3. The normalized spacial score (nSPS) is 12.3. The second kappa shape index (κ2) is 7.85. The van der Waals surface area contributed by atoms with Gasteiger partial charge in [0, 0.05) is 19.2 Å². The molecule has 20 heavy (non-hydrogen) atoms. The van der Waals surface area contributed by atoms with Gasteiger partial charge >= 0.3 is 0 Å². The average molecular weight is 283 g/mol. The number of hydrogen-bond donors (Lipinski definition) is 1. The van der Waals surface area contributed by atoms with Crippen LogP contribution in [-0.2, 0) is 4.79 Å². The summed E-state index contributed by atoms with van der Waals surface area (Å²) in [4.78, 5) is 13.9. The number of amides is 1. The molecule has 0 aliphatic rings. The number of aliphatic hydroxyl groups excluding tert-OH is 1. The van der Waals surface area contributed by atoms with E-state index >= 15 is 0 Å². The van der Waals surface area contributed by atoms with E-state index in [1.807, 2.05) is 13.8 Å². The maximum absolute atomic E-state index is 13.5. The maximum Gasteiger partial charge on any atom is 0.263 e. The van der Waals surface area contributed by atoms with Gasteiger partial charge in [0.1, 0.15) is 0 Å². The lowest BCUT2D eigenvalue weighted by molar-refractivity contribution is -0.139. The van der Waals surface area contributed by atoms with Gasteiger partial charge < -0.3 is 14.7 Å². The smallest absolute Gasteiger partial charge is 0.263 e. The highest BCUT2D eigenvalue weighted by Crippen LogP contribution is 2.18. The highest BCUT2D eigenvalue weighted by Gasteiger charge is 2.24. The van der Waals surface area contributed by atoms with Crippen LogP contribution in [0.4, 0.5) is 4.39 Å². The van der Waals surface area contributed by atoms with Crippen molar-refractivity contribution in [1.29, 1.82) is 0 Å². The third kappa shape index (κ3) is 4.49. The van der Waals surface area contributed by atoms with E-state index in [1.165, 1.54) is 12.1 Å². The summed E-state index contributed by atoms with van der Waals surface area (Å²) >= 11 is 0. The van der Waals surface area contributed by atoms with Gasteiger partial charge in [-0.1, -0.05) is 12.1 Å². The van der Waals surface area contributed by atoms with Gasteiger partial charge in [-0.3, -0.25) is 4.79 Å². The predicted octanol–water partition coefficient (Wildman–Crippen LogP) is 2.21. The summed E-state index contributed by atoms with van der Waals surface area (Å²) < 4.78 is 18.9. The Morgan fingerprint density at radius 3 is 2.55 bits per heavy atom. The topological polar surface area (TPSA) is 49.8 Å². The van der Waals surface area contributed by atoms with E-state index in [0.717, 1.165) is 0 Å². The number of carbonyl (C=O) groups is 1. The molecule has 5 heteroatoms. The molecule has 1 amide bonds. The lowest BCUT2D eigenvalue weighted by atomic mass is 10.2. The molecule has 1 aromatic rings. The lowest BCUT2D eigenvalue weighted by Crippen LogP contribution is -2.45. The molecule has 1 aromatic carbocycles. The fourth-order valence-electron chi connectivity index (χ4n) is 1.88. The molecule has 1 rings (SSSR count). The van der Waals surface area contributed by atoms with E-state index < -0.39 is 11.9 Å². The van der Waals surface area contributed by atoms with Crippen molar-refractivity contribution in [3.63, 3.8) is 0 Å². The van der Waals surface area contributed by atoms with Crippen molar-refractivity contribution >= 4 is 5.91 Å². The largest absolute Gasteiger partial charge is 0.478 e. The summed E-state index contributed by atoms with van der Waals surface area (Å²) in [6.07, 6.45) is -0.260. The minimum atomic E-state index is -0.770. The molecule has 0 aliphatic carbocycles. The first-order chi connectivity index (χ1) is 9.47. The van der Waals surface area contributed by atoms with Crippen LogP contribution in [0.15, 0.2) is 24.3 Å². The lowest BCUT2D eigenvalue weighted by Gasteiger charge is -2.29. The highest BCUT2D eigenvalue weighted by atomic mass is 19.1. The number of aliphatic hydroxyl groups is 1. The molecule has 0 spiro atoms. The number of hydrogen-bond acceptors (Lipinski definition) is 3. The predicted molar refractivity (Wildman–Crippen MR) is 75.0 cm³/mol. The first-order valence-corrected chi connectivity index (χ1v) is 6.80. The first-order valence-electron chi connectivity index (χ1n) is 6.80. The quantitative estimate of drug-likeness (QED) is 0.834. The molecule has 112 valence electrons. The van der Waals surface area contributed by atoms with E-state index in [4.69, 9.17) is 9.84 Å². The number of carbonyl (C=O) groups excluding carboxylic acids is 1. The maximum atomic E-state index is 13.5. The first kappa shape index (κ1) is 16.4. The fourth-order valence-corrected chi connectivity index (χ4v) is 1.88. The van der Waals surface area contributed by atoms with E-state index in [9.17, 15) is 9.18 Å². The Balaban J connectivity index is 2.71. The minimum Gasteiger partial charge on any atom is -0.478 e. The second-order valence-electron chi connectivity index (χ2n) is 4.89. The summed E-state index contributed by atoms with van der Waals surface area (Å²) in [5.74, 6) is -0.630. The number of benzene rings is 1. The van der Waals surface area contributed by atoms with Crippen LogP contribution in [-0.4, -0.2) is 41.2 Å². The van der Waals surface area contributed by atoms with Gasteiger partial charge in [0.25, 0.3) is 5.91 Å². The van der Waals surface area contributed by atoms with Crippen molar-refractivity contribution in [2.75, 3.05) is 13.2 Å². The van der Waals surface area contributed by atoms with Crippen molar-refractivity contribution in [3.05, 3.63) is 30.1 Å². The summed E-state index contributed by atoms with van der Waals surface area (Å²) in [7, 11) is 0. The average Bonchev–Trinajstić information content (AvgIpc) is 2.41. The van der Waals surface area contributed by atoms with Crippen LogP contribution in [0.2, 0.25) is 0 Å². The SMILES string of the molecule is CC(Oc1ccccc1F)C(=O)N(CCCO)C(C)C. The Morgan fingerprint density at radius 2 is 2.00 bits per heavy atom. The van der Waals surface area contributed by atoms with Crippen molar-refractivity contribution in [3.8, 4) is 5.75 Å². The minimum absolute atomic E-state index is 0.000667. The van der Waals surface area contributed by atoms with E-state index in [1.54, 1.807) is 24.0 Å². The molecule has 4 nitrogen and oxygen atoms in total. The molecule has 0 saturated heterocycles. The molecule has 1 N–H and O–H groups in total. The Kier molecular flexibility index (Phi) is 6.45. The van der Waals surface area contributed by atoms with Gasteiger partial charge in [-0.05, 0) is 39.3 Å². The molecule has 1 unspecified atom stereocenters. The van der Waals surface area contributed by atoms with Gasteiger partial charge in [0.15, 0.2) is 17.7 Å². The third-order valence-electron chi connectivity index (χ3n) is 2.95. The molecule has 0 heterocycles. The molecule has 1 atom stereocenters. The van der Waals surface area contributed by atoms with Crippen LogP contribution in [0, 0.1) is 5.82 Å². The zero-order chi connectivity index (χ0) is 15.1. The van der Waals surface area contributed by atoms with Crippen LogP contribution in [0.3, 0.4) is 0 Å². The zero-order valence-electron chi connectivity index (χ0n) is 12.2. The number of rotatable bonds is 7. The van der Waals surface area contributed by atoms with Crippen LogP contribution in [0.1, 0.15) is 27.2 Å². The summed E-state index contributed by atoms with van der Waals surface area (Å²) in [5.41, 5.74) is 0. The molecule has 0 aliphatic heterocycles. The highest BCUT2D eigenvalue weighted by molar-refractivity contribution is 5.81. The Bertz CT molecular complexity index is 437. The Morgan fingerprint density at radius 1 is 1.35 bits per heavy atom. The van der Waals surface area contributed by atoms with Crippen molar-refractivity contribution in [2.24, 2.45) is 0 Å². The Hall–Kier alpha value is -1.62. The van der Waals surface area contributed by atoms with Gasteiger partial charge in [0.05, 0.1) is 0 Å². The van der Waals surface area contributed by atoms with Gasteiger partial charge in [-0.15, -0.1) is 0 Å². The third-order valence-corrected chi connectivity index (χ3v) is 2.95. The second-order valence-corrected chi connectivity index (χ2v) is 4.89. The molecular formula is C15H22FNO3. The fraction of sp³-hybridized carbons (Fsp3) is 0.533. The summed E-state index contributed by atoms with van der Waals surface area (Å²) in [6.45, 7) is 5.87. The van der Waals surface area contributed by atoms with Gasteiger partial charge in [-0.25, -0.2) is 4.39 Å². The molecule has 0 aromatic heterocycles. The summed E-state index contributed by atoms with van der Waals surface area (Å²) in [5, 5.41) is 8.87. The van der Waals surface area contributed by atoms with Crippen molar-refractivity contribution in [2.45, 2.75) is 39.3 Å². The molecular weight excluding hydrogens is 261 g/mol. The van der Waals surface area contributed by atoms with Gasteiger partial charge in [-0.2, -0.15) is 0 Å². The van der Waals surface area contributed by atoms with E-state index in [-0.39, 0.29) is 24.3 Å². The molecule has 0 radical (unpaired) electrons. The van der Waals surface area contributed by atoms with Crippen LogP contribution in [0.25, 0.3) is 0 Å². The molecule has 0 bridgehead atoms. The van der Waals surface area contributed by atoms with Crippen LogP contribution < -0.4 is 4.74 Å². The van der Waals surface area contributed by atoms with Gasteiger partial charge in [0.2, 0.25) is 0 Å². The van der Waals surface area contributed by atoms with Crippen LogP contribution in [0.5, 0.6) is 5.75 Å². The van der Waals surface area contributed by atoms with E-state index in [0.29, 0.717) is 13.0 Å². The zero-order valence-corrected chi connectivity index (χ0v) is 12.2. The number of nitrogens with zero attached hydrogens (tertiary/aromatic N) is 1. The van der Waals surface area contributed by atoms with Crippen LogP contribution >= 0.6 is 0 Å². The number of halogens is 1.